The predicted octanol–water partition coefficient (Wildman–Crippen LogP) is 2.43. The Kier molecular flexibility index (Phi) is 6.37. The fourth-order valence-electron chi connectivity index (χ4n) is 2.16. The van der Waals surface area contributed by atoms with Crippen LogP contribution in [0, 0.1) is 5.92 Å². The highest BCUT2D eigenvalue weighted by molar-refractivity contribution is 5.86. The Labute approximate surface area is 128 Å². The average molecular weight is 292 g/mol. The van der Waals surface area contributed by atoms with Crippen LogP contribution in [-0.4, -0.2) is 24.7 Å². The van der Waals surface area contributed by atoms with Gasteiger partial charge in [-0.05, 0) is 32.3 Å². The lowest BCUT2D eigenvalue weighted by Crippen LogP contribution is -2.58. The van der Waals surface area contributed by atoms with E-state index in [0.717, 1.165) is 5.56 Å². The Hall–Kier alpha value is -1.39. The van der Waals surface area contributed by atoms with Crippen molar-refractivity contribution in [3.05, 3.63) is 35.9 Å². The summed E-state index contributed by atoms with van der Waals surface area (Å²) in [4.78, 5) is 12.2. The van der Waals surface area contributed by atoms with Crippen molar-refractivity contribution in [3.63, 3.8) is 0 Å². The van der Waals surface area contributed by atoms with Gasteiger partial charge in [-0.2, -0.15) is 0 Å². The molecule has 0 radical (unpaired) electrons. The molecule has 1 aromatic rings. The van der Waals surface area contributed by atoms with E-state index in [-0.39, 0.29) is 18.8 Å². The molecule has 0 aromatic heterocycles. The number of amides is 1. The van der Waals surface area contributed by atoms with Crippen molar-refractivity contribution >= 4 is 5.91 Å². The van der Waals surface area contributed by atoms with Gasteiger partial charge in [-0.25, -0.2) is 0 Å². The van der Waals surface area contributed by atoms with E-state index < -0.39 is 11.4 Å². The standard InChI is InChI=1S/C17H28N2O2/c1-12(2)14(5)21-11-17(16(18)20,19-13(3)4)15-9-7-6-8-10-15/h6-10,12-14,19H,11H2,1-5H3,(H2,18,20). The third kappa shape index (κ3) is 4.55. The number of carbonyl (C=O) groups is 1. The van der Waals surface area contributed by atoms with E-state index in [1.54, 1.807) is 0 Å². The molecule has 0 saturated heterocycles. The lowest BCUT2D eigenvalue weighted by molar-refractivity contribution is -0.129. The van der Waals surface area contributed by atoms with Gasteiger partial charge in [0.2, 0.25) is 5.91 Å². The quantitative estimate of drug-likeness (QED) is 0.773. The van der Waals surface area contributed by atoms with Gasteiger partial charge in [-0.15, -0.1) is 0 Å². The van der Waals surface area contributed by atoms with Crippen molar-refractivity contribution in [1.82, 2.24) is 5.32 Å². The first-order valence-corrected chi connectivity index (χ1v) is 7.54. The third-order valence-electron chi connectivity index (χ3n) is 3.72. The highest BCUT2D eigenvalue weighted by Crippen LogP contribution is 2.24. The summed E-state index contributed by atoms with van der Waals surface area (Å²) in [5.41, 5.74) is 5.57. The van der Waals surface area contributed by atoms with Crippen LogP contribution in [0.5, 0.6) is 0 Å². The second kappa shape index (κ2) is 7.57. The van der Waals surface area contributed by atoms with E-state index in [1.165, 1.54) is 0 Å². The molecule has 1 amide bonds. The summed E-state index contributed by atoms with van der Waals surface area (Å²) in [6, 6.07) is 9.65. The van der Waals surface area contributed by atoms with Crippen LogP contribution in [0.25, 0.3) is 0 Å². The van der Waals surface area contributed by atoms with Gasteiger partial charge in [-0.3, -0.25) is 10.1 Å². The fraction of sp³-hybridized carbons (Fsp3) is 0.588. The lowest BCUT2D eigenvalue weighted by Gasteiger charge is -2.35. The largest absolute Gasteiger partial charge is 0.375 e. The summed E-state index contributed by atoms with van der Waals surface area (Å²) < 4.78 is 5.92. The smallest absolute Gasteiger partial charge is 0.244 e. The molecular formula is C17H28N2O2. The van der Waals surface area contributed by atoms with Gasteiger partial charge >= 0.3 is 0 Å². The molecule has 0 heterocycles. The van der Waals surface area contributed by atoms with Gasteiger partial charge in [-0.1, -0.05) is 44.2 Å². The second-order valence-electron chi connectivity index (χ2n) is 6.19. The number of hydrogen-bond donors (Lipinski definition) is 2. The minimum atomic E-state index is -1.00. The minimum Gasteiger partial charge on any atom is -0.375 e. The molecule has 0 spiro atoms. The van der Waals surface area contributed by atoms with Gasteiger partial charge in [0.1, 0.15) is 5.54 Å². The monoisotopic (exact) mass is 292 g/mol. The van der Waals surface area contributed by atoms with Crippen molar-refractivity contribution < 1.29 is 9.53 Å². The topological polar surface area (TPSA) is 64.3 Å². The van der Waals surface area contributed by atoms with E-state index in [9.17, 15) is 4.79 Å². The zero-order chi connectivity index (χ0) is 16.0. The lowest BCUT2D eigenvalue weighted by atomic mass is 9.88. The Bertz CT molecular complexity index is 445. The highest BCUT2D eigenvalue weighted by Gasteiger charge is 2.39. The molecule has 0 bridgehead atoms. The van der Waals surface area contributed by atoms with Crippen LogP contribution in [0.3, 0.4) is 0 Å². The molecule has 0 saturated carbocycles. The molecular weight excluding hydrogens is 264 g/mol. The summed E-state index contributed by atoms with van der Waals surface area (Å²) in [5.74, 6) is -0.0382. The molecule has 0 aliphatic carbocycles. The average Bonchev–Trinajstić information content (AvgIpc) is 2.43. The van der Waals surface area contributed by atoms with E-state index in [4.69, 9.17) is 10.5 Å². The molecule has 1 aromatic carbocycles. The maximum atomic E-state index is 12.2. The first-order chi connectivity index (χ1) is 9.79. The molecule has 4 heteroatoms. The van der Waals surface area contributed by atoms with Gasteiger partial charge in [0.05, 0.1) is 12.7 Å². The van der Waals surface area contributed by atoms with Crippen LogP contribution >= 0.6 is 0 Å². The first-order valence-electron chi connectivity index (χ1n) is 7.54. The third-order valence-corrected chi connectivity index (χ3v) is 3.72. The molecule has 4 nitrogen and oxygen atoms in total. The Morgan fingerprint density at radius 2 is 1.76 bits per heavy atom. The molecule has 0 aliphatic heterocycles. The van der Waals surface area contributed by atoms with Crippen LogP contribution in [0.2, 0.25) is 0 Å². The second-order valence-corrected chi connectivity index (χ2v) is 6.19. The summed E-state index contributed by atoms with van der Waals surface area (Å²) in [7, 11) is 0. The Morgan fingerprint density at radius 1 is 1.19 bits per heavy atom. The van der Waals surface area contributed by atoms with E-state index in [2.05, 4.69) is 19.2 Å². The molecule has 0 fully saturated rings. The molecule has 3 N–H and O–H groups in total. The van der Waals surface area contributed by atoms with E-state index >= 15 is 0 Å². The van der Waals surface area contributed by atoms with Crippen molar-refractivity contribution in [2.24, 2.45) is 11.7 Å². The van der Waals surface area contributed by atoms with Crippen LogP contribution < -0.4 is 11.1 Å². The van der Waals surface area contributed by atoms with Crippen LogP contribution in [0.4, 0.5) is 0 Å². The number of nitrogens with two attached hydrogens (primary N) is 1. The van der Waals surface area contributed by atoms with Crippen molar-refractivity contribution in [1.29, 1.82) is 0 Å². The van der Waals surface area contributed by atoms with Gasteiger partial charge < -0.3 is 10.5 Å². The summed E-state index contributed by atoms with van der Waals surface area (Å²) >= 11 is 0. The molecule has 2 atom stereocenters. The normalized spacial score (nSPS) is 16.0. The maximum absolute atomic E-state index is 12.2. The van der Waals surface area contributed by atoms with Crippen molar-refractivity contribution in [2.75, 3.05) is 6.61 Å². The van der Waals surface area contributed by atoms with Crippen molar-refractivity contribution in [3.8, 4) is 0 Å². The fourth-order valence-corrected chi connectivity index (χ4v) is 2.16. The van der Waals surface area contributed by atoms with E-state index in [1.807, 2.05) is 51.1 Å². The first kappa shape index (κ1) is 17.7. The van der Waals surface area contributed by atoms with Gasteiger partial charge in [0.15, 0.2) is 0 Å². The number of hydrogen-bond acceptors (Lipinski definition) is 3. The predicted molar refractivity (Wildman–Crippen MR) is 85.8 cm³/mol. The number of benzene rings is 1. The molecule has 0 aliphatic rings. The van der Waals surface area contributed by atoms with Crippen LogP contribution in [0.1, 0.15) is 40.2 Å². The summed E-state index contributed by atoms with van der Waals surface area (Å²) in [6.07, 6.45) is 0.0569. The minimum absolute atomic E-state index is 0.0569. The van der Waals surface area contributed by atoms with Crippen molar-refractivity contribution in [2.45, 2.75) is 52.3 Å². The molecule has 118 valence electrons. The highest BCUT2D eigenvalue weighted by atomic mass is 16.5. The Morgan fingerprint density at radius 3 is 2.19 bits per heavy atom. The van der Waals surface area contributed by atoms with Gasteiger partial charge in [0, 0.05) is 6.04 Å². The molecule has 2 unspecified atom stereocenters. The van der Waals surface area contributed by atoms with Gasteiger partial charge in [0.25, 0.3) is 0 Å². The number of rotatable bonds is 8. The number of ether oxygens (including phenoxy) is 1. The van der Waals surface area contributed by atoms with Crippen LogP contribution in [0.15, 0.2) is 30.3 Å². The molecule has 21 heavy (non-hydrogen) atoms. The van der Waals surface area contributed by atoms with E-state index in [0.29, 0.717) is 5.92 Å². The SMILES string of the molecule is CC(C)NC(COC(C)C(C)C)(C(N)=O)c1ccccc1. The number of carbonyl (C=O) groups excluding carboxylic acids is 1. The van der Waals surface area contributed by atoms with Crippen LogP contribution in [-0.2, 0) is 15.1 Å². The number of primary amides is 1. The zero-order valence-electron chi connectivity index (χ0n) is 13.7. The zero-order valence-corrected chi connectivity index (χ0v) is 13.7. The summed E-state index contributed by atoms with van der Waals surface area (Å²) in [5, 5.41) is 3.30. The Balaban J connectivity index is 3.11. The summed E-state index contributed by atoms with van der Waals surface area (Å²) in [6.45, 7) is 10.4. The number of nitrogens with one attached hydrogen (secondary N) is 1. The molecule has 1 rings (SSSR count). The maximum Gasteiger partial charge on any atom is 0.244 e.